The molecule has 6 heteroatoms. The second-order valence-electron chi connectivity index (χ2n) is 4.23. The van der Waals surface area contributed by atoms with Crippen LogP contribution in [0.4, 0.5) is 5.69 Å². The number of aryl methyl sites for hydroxylation is 1. The lowest BCUT2D eigenvalue weighted by Gasteiger charge is -2.06. The van der Waals surface area contributed by atoms with Gasteiger partial charge in [-0.15, -0.1) is 0 Å². The van der Waals surface area contributed by atoms with Crippen molar-refractivity contribution in [2.24, 2.45) is 0 Å². The third kappa shape index (κ3) is 3.38. The number of pyridine rings is 2. The van der Waals surface area contributed by atoms with Gasteiger partial charge in [0.15, 0.2) is 0 Å². The van der Waals surface area contributed by atoms with Crippen LogP contribution in [-0.4, -0.2) is 27.0 Å². The minimum atomic E-state index is -1.10. The molecule has 0 spiro atoms. The van der Waals surface area contributed by atoms with Crippen LogP contribution >= 0.6 is 0 Å². The molecule has 6 nitrogen and oxygen atoms in total. The summed E-state index contributed by atoms with van der Waals surface area (Å²) in [6.07, 6.45) is 3.11. The molecule has 2 heterocycles. The van der Waals surface area contributed by atoms with Gasteiger partial charge in [0, 0.05) is 6.20 Å². The van der Waals surface area contributed by atoms with Gasteiger partial charge in [0.1, 0.15) is 5.69 Å². The van der Waals surface area contributed by atoms with E-state index < -0.39 is 5.97 Å². The second-order valence-corrected chi connectivity index (χ2v) is 4.23. The third-order valence-electron chi connectivity index (χ3n) is 2.71. The first-order valence-electron chi connectivity index (χ1n) is 5.96. The standard InChI is InChI=1S/C14H13N3O3/c1-9-3-2-6-15-12(9)7-13(18)17-10-4-5-11(14(19)20)16-8-10/h2-6,8H,7H2,1H3,(H,17,18)(H,19,20). The highest BCUT2D eigenvalue weighted by Crippen LogP contribution is 2.09. The van der Waals surface area contributed by atoms with Crippen molar-refractivity contribution in [3.05, 3.63) is 53.6 Å². The normalized spacial score (nSPS) is 10.1. The van der Waals surface area contributed by atoms with Gasteiger partial charge in [0.05, 0.1) is 24.0 Å². The van der Waals surface area contributed by atoms with Gasteiger partial charge in [-0.25, -0.2) is 9.78 Å². The van der Waals surface area contributed by atoms with Crippen LogP contribution in [0.3, 0.4) is 0 Å². The fraction of sp³-hybridized carbons (Fsp3) is 0.143. The van der Waals surface area contributed by atoms with E-state index in [0.717, 1.165) is 5.56 Å². The van der Waals surface area contributed by atoms with Crippen LogP contribution in [0.5, 0.6) is 0 Å². The van der Waals surface area contributed by atoms with E-state index in [1.54, 1.807) is 6.20 Å². The van der Waals surface area contributed by atoms with Crippen molar-refractivity contribution in [3.63, 3.8) is 0 Å². The molecule has 2 aromatic rings. The zero-order chi connectivity index (χ0) is 14.5. The van der Waals surface area contributed by atoms with Crippen LogP contribution in [0.25, 0.3) is 0 Å². The van der Waals surface area contributed by atoms with E-state index >= 15 is 0 Å². The molecule has 20 heavy (non-hydrogen) atoms. The molecule has 2 aromatic heterocycles. The molecule has 0 fully saturated rings. The Labute approximate surface area is 115 Å². The molecule has 102 valence electrons. The molecular weight excluding hydrogens is 258 g/mol. The molecule has 1 amide bonds. The van der Waals surface area contributed by atoms with Crippen molar-refractivity contribution in [2.45, 2.75) is 13.3 Å². The predicted molar refractivity (Wildman–Crippen MR) is 72.5 cm³/mol. The lowest BCUT2D eigenvalue weighted by atomic mass is 10.1. The Morgan fingerprint density at radius 2 is 2.05 bits per heavy atom. The molecular formula is C14H13N3O3. The molecule has 0 aromatic carbocycles. The highest BCUT2D eigenvalue weighted by atomic mass is 16.4. The van der Waals surface area contributed by atoms with Crippen LogP contribution in [0.1, 0.15) is 21.7 Å². The van der Waals surface area contributed by atoms with Gasteiger partial charge < -0.3 is 10.4 Å². The number of nitrogens with zero attached hydrogens (tertiary/aromatic N) is 2. The molecule has 0 saturated heterocycles. The largest absolute Gasteiger partial charge is 0.477 e. The van der Waals surface area contributed by atoms with E-state index in [-0.39, 0.29) is 18.0 Å². The number of hydrogen-bond donors (Lipinski definition) is 2. The summed E-state index contributed by atoms with van der Waals surface area (Å²) in [4.78, 5) is 30.4. The number of aromatic carboxylic acids is 1. The van der Waals surface area contributed by atoms with Gasteiger partial charge in [0.25, 0.3) is 0 Å². The maximum absolute atomic E-state index is 11.9. The number of aromatic nitrogens is 2. The average Bonchev–Trinajstić information content (AvgIpc) is 2.42. The molecule has 2 rings (SSSR count). The fourth-order valence-electron chi connectivity index (χ4n) is 1.66. The molecule has 0 aliphatic heterocycles. The number of amides is 1. The van der Waals surface area contributed by atoms with Crippen molar-refractivity contribution in [3.8, 4) is 0 Å². The van der Waals surface area contributed by atoms with E-state index in [4.69, 9.17) is 5.11 Å². The number of rotatable bonds is 4. The fourth-order valence-corrected chi connectivity index (χ4v) is 1.66. The molecule has 0 unspecified atom stereocenters. The number of carboxylic acids is 1. The van der Waals surface area contributed by atoms with Crippen LogP contribution in [0, 0.1) is 6.92 Å². The maximum Gasteiger partial charge on any atom is 0.354 e. The van der Waals surface area contributed by atoms with Gasteiger partial charge in [-0.1, -0.05) is 6.07 Å². The summed E-state index contributed by atoms with van der Waals surface area (Å²) in [5.74, 6) is -1.33. The lowest BCUT2D eigenvalue weighted by molar-refractivity contribution is -0.115. The minimum Gasteiger partial charge on any atom is -0.477 e. The van der Waals surface area contributed by atoms with Crippen molar-refractivity contribution < 1.29 is 14.7 Å². The topological polar surface area (TPSA) is 92.2 Å². The number of carboxylic acid groups (broad SMARTS) is 1. The Morgan fingerprint density at radius 1 is 1.25 bits per heavy atom. The van der Waals surface area contributed by atoms with E-state index in [1.165, 1.54) is 18.3 Å². The Kier molecular flexibility index (Phi) is 4.05. The quantitative estimate of drug-likeness (QED) is 0.882. The number of anilines is 1. The molecule has 2 N–H and O–H groups in total. The number of carbonyl (C=O) groups is 2. The number of nitrogens with one attached hydrogen (secondary N) is 1. The van der Waals surface area contributed by atoms with E-state index in [1.807, 2.05) is 19.1 Å². The average molecular weight is 271 g/mol. The lowest BCUT2D eigenvalue weighted by Crippen LogP contribution is -2.16. The summed E-state index contributed by atoms with van der Waals surface area (Å²) in [5, 5.41) is 11.4. The van der Waals surface area contributed by atoms with Crippen LogP contribution < -0.4 is 5.32 Å². The highest BCUT2D eigenvalue weighted by molar-refractivity contribution is 5.92. The van der Waals surface area contributed by atoms with Gasteiger partial charge in [0.2, 0.25) is 5.91 Å². The summed E-state index contributed by atoms with van der Waals surface area (Å²) >= 11 is 0. The Morgan fingerprint density at radius 3 is 2.65 bits per heavy atom. The second kappa shape index (κ2) is 5.92. The monoisotopic (exact) mass is 271 g/mol. The first-order chi connectivity index (χ1) is 9.56. The van der Waals surface area contributed by atoms with Gasteiger partial charge in [-0.3, -0.25) is 9.78 Å². The van der Waals surface area contributed by atoms with Crippen LogP contribution in [0.2, 0.25) is 0 Å². The molecule has 0 aliphatic rings. The molecule has 0 radical (unpaired) electrons. The van der Waals surface area contributed by atoms with Crippen molar-refractivity contribution in [2.75, 3.05) is 5.32 Å². The highest BCUT2D eigenvalue weighted by Gasteiger charge is 2.08. The predicted octanol–water partition coefficient (Wildman–Crippen LogP) is 1.66. The molecule has 0 saturated carbocycles. The van der Waals surface area contributed by atoms with E-state index in [9.17, 15) is 9.59 Å². The summed E-state index contributed by atoms with van der Waals surface area (Å²) in [5.41, 5.74) is 2.04. The van der Waals surface area contributed by atoms with Gasteiger partial charge in [-0.2, -0.15) is 0 Å². The van der Waals surface area contributed by atoms with E-state index in [2.05, 4.69) is 15.3 Å². The third-order valence-corrected chi connectivity index (χ3v) is 2.71. The Balaban J connectivity index is 2.01. The van der Waals surface area contributed by atoms with E-state index in [0.29, 0.717) is 11.4 Å². The Hall–Kier alpha value is -2.76. The van der Waals surface area contributed by atoms with Gasteiger partial charge in [-0.05, 0) is 30.7 Å². The maximum atomic E-state index is 11.9. The SMILES string of the molecule is Cc1cccnc1CC(=O)Nc1ccc(C(=O)O)nc1. The van der Waals surface area contributed by atoms with Gasteiger partial charge >= 0.3 is 5.97 Å². The molecule has 0 aliphatic carbocycles. The smallest absolute Gasteiger partial charge is 0.354 e. The summed E-state index contributed by atoms with van der Waals surface area (Å²) < 4.78 is 0. The zero-order valence-corrected chi connectivity index (χ0v) is 10.8. The summed E-state index contributed by atoms with van der Waals surface area (Å²) in [6.45, 7) is 1.89. The van der Waals surface area contributed by atoms with Crippen LogP contribution in [-0.2, 0) is 11.2 Å². The number of hydrogen-bond acceptors (Lipinski definition) is 4. The first-order valence-corrected chi connectivity index (χ1v) is 5.96. The minimum absolute atomic E-state index is 0.0661. The molecule has 0 atom stereocenters. The first kappa shape index (κ1) is 13.7. The Bertz CT molecular complexity index is 638. The van der Waals surface area contributed by atoms with Crippen molar-refractivity contribution in [1.82, 2.24) is 9.97 Å². The zero-order valence-electron chi connectivity index (χ0n) is 10.8. The molecule has 0 bridgehead atoms. The van der Waals surface area contributed by atoms with Crippen molar-refractivity contribution >= 4 is 17.6 Å². The summed E-state index contributed by atoms with van der Waals surface area (Å²) in [7, 11) is 0. The number of carbonyl (C=O) groups excluding carboxylic acids is 1. The summed E-state index contributed by atoms with van der Waals surface area (Å²) in [6, 6.07) is 6.54. The van der Waals surface area contributed by atoms with Crippen molar-refractivity contribution in [1.29, 1.82) is 0 Å². The van der Waals surface area contributed by atoms with Crippen LogP contribution in [0.15, 0.2) is 36.7 Å².